The monoisotopic (exact) mass is 271 g/mol. The van der Waals surface area contributed by atoms with Gasteiger partial charge in [-0.25, -0.2) is 4.98 Å². The molecule has 1 aromatic heterocycles. The third-order valence-electron chi connectivity index (χ3n) is 3.50. The molecule has 0 aliphatic carbocycles. The number of pyridine rings is 1. The summed E-state index contributed by atoms with van der Waals surface area (Å²) in [5.41, 5.74) is 7.88. The third kappa shape index (κ3) is 1.91. The van der Waals surface area contributed by atoms with Gasteiger partial charge in [0.1, 0.15) is 0 Å². The van der Waals surface area contributed by atoms with E-state index in [-0.39, 0.29) is 0 Å². The molecule has 4 heteroatoms. The Bertz CT molecular complexity index is 796. The fourth-order valence-electron chi connectivity index (χ4n) is 2.33. The van der Waals surface area contributed by atoms with Gasteiger partial charge in [-0.1, -0.05) is 11.6 Å². The fourth-order valence-corrected chi connectivity index (χ4v) is 2.50. The van der Waals surface area contributed by atoms with Crippen LogP contribution in [0.5, 0.6) is 0 Å². The molecule has 0 spiro atoms. The van der Waals surface area contributed by atoms with Crippen LogP contribution >= 0.6 is 11.6 Å². The van der Waals surface area contributed by atoms with Crippen LogP contribution in [-0.4, -0.2) is 4.98 Å². The van der Waals surface area contributed by atoms with Gasteiger partial charge in [-0.2, -0.15) is 0 Å². The summed E-state index contributed by atoms with van der Waals surface area (Å²) in [6, 6.07) is 9.83. The number of aryl methyl sites for hydroxylation is 2. The molecule has 3 N–H and O–H groups in total. The second kappa shape index (κ2) is 4.37. The van der Waals surface area contributed by atoms with Crippen molar-refractivity contribution in [2.45, 2.75) is 13.8 Å². The molecule has 0 aliphatic rings. The van der Waals surface area contributed by atoms with E-state index in [2.05, 4.69) is 36.4 Å². The number of rotatable bonds is 1. The van der Waals surface area contributed by atoms with Crippen molar-refractivity contribution in [3.63, 3.8) is 0 Å². The molecule has 0 aliphatic heterocycles. The van der Waals surface area contributed by atoms with Crippen molar-refractivity contribution in [1.29, 1.82) is 0 Å². The minimum Gasteiger partial charge on any atom is -0.323 e. The lowest BCUT2D eigenvalue weighted by Gasteiger charge is -2.12. The highest BCUT2D eigenvalue weighted by Crippen LogP contribution is 2.32. The largest absolute Gasteiger partial charge is 0.323 e. The number of fused-ring (bicyclic) bond motifs is 2. The lowest BCUT2D eigenvalue weighted by molar-refractivity contribution is 1.33. The Morgan fingerprint density at radius 2 is 1.68 bits per heavy atom. The maximum atomic E-state index is 6.03. The molecule has 3 rings (SSSR count). The summed E-state index contributed by atoms with van der Waals surface area (Å²) in [5.74, 6) is 5.70. The zero-order valence-electron chi connectivity index (χ0n) is 10.8. The molecule has 3 nitrogen and oxygen atoms in total. The average Bonchev–Trinajstić information content (AvgIpc) is 2.38. The summed E-state index contributed by atoms with van der Waals surface area (Å²) in [7, 11) is 0. The van der Waals surface area contributed by atoms with Crippen LogP contribution in [0.3, 0.4) is 0 Å². The zero-order valence-corrected chi connectivity index (χ0v) is 11.5. The van der Waals surface area contributed by atoms with E-state index in [0.29, 0.717) is 5.02 Å². The van der Waals surface area contributed by atoms with Crippen LogP contribution in [0.1, 0.15) is 11.1 Å². The maximum Gasteiger partial charge on any atom is 0.0745 e. The third-order valence-corrected chi connectivity index (χ3v) is 3.73. The van der Waals surface area contributed by atoms with Gasteiger partial charge >= 0.3 is 0 Å². The lowest BCUT2D eigenvalue weighted by Crippen LogP contribution is -2.08. The van der Waals surface area contributed by atoms with Crippen LogP contribution in [0.4, 0.5) is 5.69 Å². The summed E-state index contributed by atoms with van der Waals surface area (Å²) in [6.07, 6.45) is 0. The molecular weight excluding hydrogens is 258 g/mol. The first-order chi connectivity index (χ1) is 9.10. The van der Waals surface area contributed by atoms with Crippen LogP contribution in [0.15, 0.2) is 30.3 Å². The minimum atomic E-state index is 0.672. The molecule has 0 bridgehead atoms. The Balaban J connectivity index is 2.52. The van der Waals surface area contributed by atoms with Crippen LogP contribution in [0, 0.1) is 13.8 Å². The molecule has 0 saturated heterocycles. The van der Waals surface area contributed by atoms with Crippen molar-refractivity contribution < 1.29 is 0 Å². The molecule has 19 heavy (non-hydrogen) atoms. The van der Waals surface area contributed by atoms with E-state index < -0.39 is 0 Å². The predicted octanol–water partition coefficient (Wildman–Crippen LogP) is 3.94. The number of hydrogen-bond acceptors (Lipinski definition) is 3. The van der Waals surface area contributed by atoms with Gasteiger partial charge in [-0.3, -0.25) is 5.84 Å². The van der Waals surface area contributed by atoms with Gasteiger partial charge < -0.3 is 5.43 Å². The SMILES string of the molecule is Cc1cc2nc3cc(Cl)ccc3c(NN)c2cc1C. The summed E-state index contributed by atoms with van der Waals surface area (Å²) < 4.78 is 0. The first-order valence-electron chi connectivity index (χ1n) is 6.07. The van der Waals surface area contributed by atoms with Gasteiger partial charge in [-0.15, -0.1) is 0 Å². The van der Waals surface area contributed by atoms with Crippen molar-refractivity contribution in [3.05, 3.63) is 46.5 Å². The molecule has 1 heterocycles. The van der Waals surface area contributed by atoms with E-state index in [9.17, 15) is 0 Å². The highest BCUT2D eigenvalue weighted by atomic mass is 35.5. The number of nitrogens with one attached hydrogen (secondary N) is 1. The molecule has 0 saturated carbocycles. The molecule has 0 amide bonds. The first kappa shape index (κ1) is 12.2. The number of nitrogen functional groups attached to an aromatic ring is 1. The van der Waals surface area contributed by atoms with Crippen LogP contribution < -0.4 is 11.3 Å². The van der Waals surface area contributed by atoms with Crippen molar-refractivity contribution in [1.82, 2.24) is 4.98 Å². The molecule has 96 valence electrons. The molecule has 3 aromatic rings. The number of hydrogen-bond donors (Lipinski definition) is 2. The number of nitrogens with zero attached hydrogens (tertiary/aromatic N) is 1. The molecule has 0 atom stereocenters. The van der Waals surface area contributed by atoms with Gasteiger partial charge in [0.25, 0.3) is 0 Å². The topological polar surface area (TPSA) is 50.9 Å². The minimum absolute atomic E-state index is 0.672. The van der Waals surface area contributed by atoms with Crippen molar-refractivity contribution in [2.75, 3.05) is 5.43 Å². The van der Waals surface area contributed by atoms with Gasteiger partial charge in [0.15, 0.2) is 0 Å². The number of halogens is 1. The van der Waals surface area contributed by atoms with E-state index >= 15 is 0 Å². The smallest absolute Gasteiger partial charge is 0.0745 e. The second-order valence-electron chi connectivity index (χ2n) is 4.75. The van der Waals surface area contributed by atoms with E-state index in [0.717, 1.165) is 27.5 Å². The average molecular weight is 272 g/mol. The summed E-state index contributed by atoms with van der Waals surface area (Å²) >= 11 is 6.03. The maximum absolute atomic E-state index is 6.03. The van der Waals surface area contributed by atoms with Crippen molar-refractivity contribution >= 4 is 39.1 Å². The molecular formula is C15H14ClN3. The van der Waals surface area contributed by atoms with Crippen LogP contribution in [0.2, 0.25) is 5.02 Å². The quantitative estimate of drug-likeness (QED) is 0.400. The standard InChI is InChI=1S/C15H14ClN3/c1-8-5-12-13(6-9(8)2)18-14-7-10(16)3-4-11(14)15(12)19-17/h3-7H,17H2,1-2H3,(H,18,19). The van der Waals surface area contributed by atoms with Gasteiger partial charge in [0.05, 0.1) is 16.7 Å². The Kier molecular flexibility index (Phi) is 2.81. The van der Waals surface area contributed by atoms with Crippen LogP contribution in [0.25, 0.3) is 21.8 Å². The van der Waals surface area contributed by atoms with E-state index in [4.69, 9.17) is 17.4 Å². The number of benzene rings is 2. The summed E-state index contributed by atoms with van der Waals surface area (Å²) in [6.45, 7) is 4.16. The number of nitrogens with two attached hydrogens (primary N) is 1. The number of anilines is 1. The fraction of sp³-hybridized carbons (Fsp3) is 0.133. The molecule has 0 unspecified atom stereocenters. The van der Waals surface area contributed by atoms with E-state index in [1.54, 1.807) is 0 Å². The van der Waals surface area contributed by atoms with E-state index in [1.165, 1.54) is 11.1 Å². The second-order valence-corrected chi connectivity index (χ2v) is 5.18. The Morgan fingerprint density at radius 1 is 1.00 bits per heavy atom. The van der Waals surface area contributed by atoms with Crippen molar-refractivity contribution in [2.24, 2.45) is 5.84 Å². The van der Waals surface area contributed by atoms with Crippen molar-refractivity contribution in [3.8, 4) is 0 Å². The van der Waals surface area contributed by atoms with Gasteiger partial charge in [0, 0.05) is 15.8 Å². The molecule has 2 aromatic carbocycles. The molecule has 0 radical (unpaired) electrons. The lowest BCUT2D eigenvalue weighted by atomic mass is 10.0. The highest BCUT2D eigenvalue weighted by molar-refractivity contribution is 6.31. The summed E-state index contributed by atoms with van der Waals surface area (Å²) in [4.78, 5) is 4.67. The van der Waals surface area contributed by atoms with Crippen LogP contribution in [-0.2, 0) is 0 Å². The van der Waals surface area contributed by atoms with Gasteiger partial charge in [0.2, 0.25) is 0 Å². The Hall–Kier alpha value is -1.84. The molecule has 0 fully saturated rings. The number of hydrazine groups is 1. The summed E-state index contributed by atoms with van der Waals surface area (Å²) in [5, 5.41) is 2.68. The van der Waals surface area contributed by atoms with E-state index in [1.807, 2.05) is 18.2 Å². The highest BCUT2D eigenvalue weighted by Gasteiger charge is 2.10. The predicted molar refractivity (Wildman–Crippen MR) is 81.5 cm³/mol. The number of aromatic nitrogens is 1. The zero-order chi connectivity index (χ0) is 13.6. The van der Waals surface area contributed by atoms with Gasteiger partial charge in [-0.05, 0) is 55.3 Å². The Labute approximate surface area is 116 Å². The Morgan fingerprint density at radius 3 is 2.42 bits per heavy atom. The normalized spacial score (nSPS) is 11.2. The first-order valence-corrected chi connectivity index (χ1v) is 6.45.